The molecule has 164 valence electrons. The van der Waals surface area contributed by atoms with E-state index < -0.39 is 36.1 Å². The first-order valence-corrected chi connectivity index (χ1v) is 9.18. The normalized spacial score (nSPS) is 13.4. The van der Waals surface area contributed by atoms with Gasteiger partial charge in [0, 0.05) is 33.8 Å². The number of hydrogen-bond donors (Lipinski definition) is 2. The summed E-state index contributed by atoms with van der Waals surface area (Å²) in [5.41, 5.74) is -1.44. The smallest absolute Gasteiger partial charge is 0.355 e. The number of carbonyl (C=O) groups is 1. The summed E-state index contributed by atoms with van der Waals surface area (Å²) in [5.74, 6) is -1.79. The molecule has 0 aliphatic heterocycles. The fraction of sp³-hybridized carbons (Fsp3) is 0.136. The Hall–Kier alpha value is -3.95. The van der Waals surface area contributed by atoms with E-state index in [0.29, 0.717) is 5.39 Å². The third-order valence-electron chi connectivity index (χ3n) is 4.90. The van der Waals surface area contributed by atoms with Crippen LogP contribution < -0.4 is 10.9 Å². The van der Waals surface area contributed by atoms with E-state index in [2.05, 4.69) is 5.10 Å². The second-order valence-corrected chi connectivity index (χ2v) is 7.01. The SMILES string of the molecule is [2H]C([2H])([2H])NC(=O)c1cc(F)cc(Cn2ccc3cc(-c4cn[nH]c4C(F)(F)F)ccc3c2=O)c1. The Labute approximate surface area is 182 Å². The standard InChI is InChI=1S/C22H16F4N4O2/c1-27-20(31)15-6-12(7-16(23)9-15)11-30-5-4-14-8-13(2-3-17(14)21(30)32)18-10-28-29-19(18)22(24,25)26/h2-10H,11H2,1H3,(H,27,31)(H,28,29)/i1D3. The van der Waals surface area contributed by atoms with Crippen LogP contribution in [-0.4, -0.2) is 27.6 Å². The van der Waals surface area contributed by atoms with E-state index in [-0.39, 0.29) is 34.2 Å². The van der Waals surface area contributed by atoms with Crippen LogP contribution >= 0.6 is 0 Å². The van der Waals surface area contributed by atoms with E-state index in [1.165, 1.54) is 41.1 Å². The van der Waals surface area contributed by atoms with Crippen molar-refractivity contribution >= 4 is 16.7 Å². The number of carbonyl (C=O) groups excluding carboxylic acids is 1. The van der Waals surface area contributed by atoms with Crippen molar-refractivity contribution in [1.82, 2.24) is 20.1 Å². The number of halogens is 4. The van der Waals surface area contributed by atoms with Gasteiger partial charge in [0.15, 0.2) is 0 Å². The summed E-state index contributed by atoms with van der Waals surface area (Å²) in [6.45, 7) is -2.89. The second kappa shape index (κ2) is 7.95. The maximum Gasteiger partial charge on any atom is 0.433 e. The van der Waals surface area contributed by atoms with E-state index in [4.69, 9.17) is 4.11 Å². The average molecular weight is 447 g/mol. The molecule has 2 heterocycles. The lowest BCUT2D eigenvalue weighted by molar-refractivity contribution is -0.140. The number of hydrogen-bond acceptors (Lipinski definition) is 3. The fourth-order valence-corrected chi connectivity index (χ4v) is 3.44. The minimum Gasteiger partial charge on any atom is -0.355 e. The third kappa shape index (κ3) is 3.98. The highest BCUT2D eigenvalue weighted by atomic mass is 19.4. The molecule has 0 radical (unpaired) electrons. The number of alkyl halides is 3. The molecule has 0 atom stereocenters. The van der Waals surface area contributed by atoms with Gasteiger partial charge in [0.1, 0.15) is 11.5 Å². The van der Waals surface area contributed by atoms with Gasteiger partial charge in [-0.3, -0.25) is 14.7 Å². The molecule has 0 aliphatic carbocycles. The molecule has 32 heavy (non-hydrogen) atoms. The zero-order chi connectivity index (χ0) is 25.5. The molecule has 0 spiro atoms. The van der Waals surface area contributed by atoms with Gasteiger partial charge in [0.25, 0.3) is 11.5 Å². The van der Waals surface area contributed by atoms with Crippen molar-refractivity contribution in [3.63, 3.8) is 0 Å². The molecule has 0 saturated heterocycles. The van der Waals surface area contributed by atoms with E-state index in [1.807, 2.05) is 5.10 Å². The number of rotatable bonds is 4. The van der Waals surface area contributed by atoms with Crippen molar-refractivity contribution in [2.45, 2.75) is 12.7 Å². The number of aromatic amines is 1. The number of amides is 1. The number of H-pyrrole nitrogens is 1. The number of nitrogens with zero attached hydrogens (tertiary/aromatic N) is 2. The highest BCUT2D eigenvalue weighted by molar-refractivity contribution is 5.94. The van der Waals surface area contributed by atoms with Gasteiger partial charge in [-0.1, -0.05) is 6.07 Å². The maximum absolute atomic E-state index is 14.1. The maximum atomic E-state index is 14.1. The molecule has 0 unspecified atom stereocenters. The van der Waals surface area contributed by atoms with Gasteiger partial charge in [0.05, 0.1) is 12.7 Å². The molecule has 1 amide bonds. The predicted molar refractivity (Wildman–Crippen MR) is 110 cm³/mol. The first-order chi connectivity index (χ1) is 16.3. The Morgan fingerprint density at radius 2 is 2.03 bits per heavy atom. The number of nitrogens with one attached hydrogen (secondary N) is 2. The topological polar surface area (TPSA) is 79.8 Å². The van der Waals surface area contributed by atoms with Gasteiger partial charge in [-0.05, 0) is 52.9 Å². The first-order valence-electron chi connectivity index (χ1n) is 10.7. The molecular weight excluding hydrogens is 428 g/mol. The lowest BCUT2D eigenvalue weighted by atomic mass is 10.0. The Kier molecular flexibility index (Phi) is 4.40. The number of benzene rings is 2. The Balaban J connectivity index is 1.67. The molecule has 4 rings (SSSR count). The van der Waals surface area contributed by atoms with Gasteiger partial charge in [0.2, 0.25) is 0 Å². The molecule has 2 aromatic carbocycles. The lowest BCUT2D eigenvalue weighted by Crippen LogP contribution is -2.21. The minimum absolute atomic E-state index is 0.137. The highest BCUT2D eigenvalue weighted by Crippen LogP contribution is 2.36. The van der Waals surface area contributed by atoms with Gasteiger partial charge < -0.3 is 9.88 Å². The molecular formula is C22H16F4N4O2. The zero-order valence-corrected chi connectivity index (χ0v) is 16.1. The van der Waals surface area contributed by atoms with E-state index in [9.17, 15) is 27.2 Å². The van der Waals surface area contributed by atoms with Crippen LogP contribution in [0.1, 0.15) is 25.7 Å². The summed E-state index contributed by atoms with van der Waals surface area (Å²) < 4.78 is 76.2. The molecule has 0 saturated carbocycles. The Morgan fingerprint density at radius 1 is 1.22 bits per heavy atom. The van der Waals surface area contributed by atoms with E-state index >= 15 is 0 Å². The van der Waals surface area contributed by atoms with Gasteiger partial charge in [-0.15, -0.1) is 0 Å². The largest absolute Gasteiger partial charge is 0.433 e. The first kappa shape index (κ1) is 17.7. The summed E-state index contributed by atoms with van der Waals surface area (Å²) in [5, 5.41) is 7.77. The monoisotopic (exact) mass is 447 g/mol. The van der Waals surface area contributed by atoms with Crippen molar-refractivity contribution in [3.8, 4) is 11.1 Å². The molecule has 6 nitrogen and oxygen atoms in total. The van der Waals surface area contributed by atoms with Crippen LogP contribution in [0.2, 0.25) is 0 Å². The summed E-state index contributed by atoms with van der Waals surface area (Å²) in [7, 11) is 0. The molecule has 2 N–H and O–H groups in total. The molecule has 0 bridgehead atoms. The van der Waals surface area contributed by atoms with Gasteiger partial charge in [-0.25, -0.2) is 4.39 Å². The van der Waals surface area contributed by atoms with Crippen LogP contribution in [0.3, 0.4) is 0 Å². The average Bonchev–Trinajstić information content (AvgIpc) is 3.25. The molecule has 10 heteroatoms. The minimum atomic E-state index is -4.63. The highest BCUT2D eigenvalue weighted by Gasteiger charge is 2.35. The predicted octanol–water partition coefficient (Wildman–Crippen LogP) is 3.96. The van der Waals surface area contributed by atoms with Crippen molar-refractivity contribution in [2.24, 2.45) is 0 Å². The molecule has 4 aromatic rings. The summed E-state index contributed by atoms with van der Waals surface area (Å²) in [6, 6.07) is 8.95. The van der Waals surface area contributed by atoms with E-state index in [1.54, 1.807) is 5.32 Å². The van der Waals surface area contributed by atoms with Crippen LogP contribution in [0.4, 0.5) is 17.6 Å². The molecule has 0 aliphatic rings. The van der Waals surface area contributed by atoms with Crippen molar-refractivity contribution in [1.29, 1.82) is 0 Å². The van der Waals surface area contributed by atoms with Crippen LogP contribution in [-0.2, 0) is 12.7 Å². The van der Waals surface area contributed by atoms with Gasteiger partial charge in [-0.2, -0.15) is 18.3 Å². The number of pyridine rings is 1. The fourth-order valence-electron chi connectivity index (χ4n) is 3.44. The van der Waals surface area contributed by atoms with Crippen molar-refractivity contribution < 1.29 is 26.5 Å². The number of fused-ring (bicyclic) bond motifs is 1. The van der Waals surface area contributed by atoms with Crippen LogP contribution in [0.15, 0.2) is 59.7 Å². The molecule has 2 aromatic heterocycles. The lowest BCUT2D eigenvalue weighted by Gasteiger charge is -2.11. The van der Waals surface area contributed by atoms with E-state index in [0.717, 1.165) is 18.3 Å². The van der Waals surface area contributed by atoms with Crippen LogP contribution in [0, 0.1) is 5.82 Å². The Morgan fingerprint density at radius 3 is 2.78 bits per heavy atom. The number of aromatic nitrogens is 3. The zero-order valence-electron chi connectivity index (χ0n) is 19.1. The summed E-state index contributed by atoms with van der Waals surface area (Å²) >= 11 is 0. The Bertz CT molecular complexity index is 1490. The van der Waals surface area contributed by atoms with Crippen molar-refractivity contribution in [3.05, 3.63) is 87.9 Å². The molecule has 0 fully saturated rings. The quantitative estimate of drug-likeness (QED) is 0.465. The summed E-state index contributed by atoms with van der Waals surface area (Å²) in [6.07, 6.45) is -2.19. The van der Waals surface area contributed by atoms with Crippen molar-refractivity contribution in [2.75, 3.05) is 6.98 Å². The summed E-state index contributed by atoms with van der Waals surface area (Å²) in [4.78, 5) is 25.1. The van der Waals surface area contributed by atoms with Crippen LogP contribution in [0.25, 0.3) is 21.9 Å². The van der Waals surface area contributed by atoms with Crippen LogP contribution in [0.5, 0.6) is 0 Å². The second-order valence-electron chi connectivity index (χ2n) is 7.01. The van der Waals surface area contributed by atoms with Gasteiger partial charge >= 0.3 is 6.18 Å². The third-order valence-corrected chi connectivity index (χ3v) is 4.90.